The van der Waals surface area contributed by atoms with Gasteiger partial charge in [0.1, 0.15) is 18.1 Å². The van der Waals surface area contributed by atoms with Gasteiger partial charge < -0.3 is 14.4 Å². The Morgan fingerprint density at radius 3 is 2.59 bits per heavy atom. The van der Waals surface area contributed by atoms with Crippen LogP contribution in [0.2, 0.25) is 5.02 Å². The van der Waals surface area contributed by atoms with E-state index in [9.17, 15) is 24.3 Å². The number of thioether (sulfide) groups is 1. The van der Waals surface area contributed by atoms with Gasteiger partial charge in [0.15, 0.2) is 0 Å². The van der Waals surface area contributed by atoms with E-state index in [-0.39, 0.29) is 22.9 Å². The van der Waals surface area contributed by atoms with Crippen molar-refractivity contribution in [3.63, 3.8) is 0 Å². The molecule has 1 aromatic carbocycles. The van der Waals surface area contributed by atoms with Gasteiger partial charge in [-0.05, 0) is 61.4 Å². The van der Waals surface area contributed by atoms with E-state index in [4.69, 9.17) is 16.0 Å². The fraction of sp³-hybridized carbons (Fsp3) is 0.273. The van der Waals surface area contributed by atoms with Crippen molar-refractivity contribution in [1.82, 2.24) is 9.80 Å². The van der Waals surface area contributed by atoms with E-state index in [1.165, 1.54) is 24.3 Å². The maximum atomic E-state index is 12.7. The van der Waals surface area contributed by atoms with Gasteiger partial charge in [-0.3, -0.25) is 19.3 Å². The zero-order valence-corrected chi connectivity index (χ0v) is 18.4. The second-order valence-electron chi connectivity index (χ2n) is 7.41. The number of carbonyl (C=O) groups excluding carboxylic acids is 3. The van der Waals surface area contributed by atoms with Crippen molar-refractivity contribution < 1.29 is 28.7 Å². The molecule has 0 atom stereocenters. The monoisotopic (exact) mass is 474 g/mol. The standard InChI is InChI=1S/C22H19ClN2O6S/c23-16-6-4-13(21(28)29)10-15(16)17-7-5-14(31-17)11-18-20(27)25(22(30)32-18)12-19(26)24-8-2-1-3-9-24/h4-7,10-11H,1-3,8-9,12H2,(H,28,29)/b18-11-. The fourth-order valence-corrected chi connectivity index (χ4v) is 4.60. The number of hydrogen-bond acceptors (Lipinski definition) is 6. The van der Waals surface area contributed by atoms with Crippen molar-refractivity contribution in [2.24, 2.45) is 0 Å². The van der Waals surface area contributed by atoms with Crippen LogP contribution in [0.4, 0.5) is 4.79 Å². The molecule has 2 aliphatic heterocycles. The lowest BCUT2D eigenvalue weighted by Crippen LogP contribution is -2.44. The molecule has 0 spiro atoms. The maximum absolute atomic E-state index is 12.7. The van der Waals surface area contributed by atoms with Crippen LogP contribution in [-0.2, 0) is 9.59 Å². The lowest BCUT2D eigenvalue weighted by molar-refractivity contribution is -0.136. The number of piperidine rings is 1. The topological polar surface area (TPSA) is 108 Å². The number of likely N-dealkylation sites (tertiary alicyclic amines) is 1. The quantitative estimate of drug-likeness (QED) is 0.642. The number of amides is 3. The molecule has 32 heavy (non-hydrogen) atoms. The van der Waals surface area contributed by atoms with Crippen LogP contribution in [0, 0.1) is 0 Å². The summed E-state index contributed by atoms with van der Waals surface area (Å²) in [5, 5.41) is 8.99. The smallest absolute Gasteiger partial charge is 0.335 e. The molecular weight excluding hydrogens is 456 g/mol. The third kappa shape index (κ3) is 4.58. The van der Waals surface area contributed by atoms with Gasteiger partial charge in [-0.15, -0.1) is 0 Å². The molecule has 0 saturated carbocycles. The van der Waals surface area contributed by atoms with Crippen molar-refractivity contribution in [3.8, 4) is 11.3 Å². The number of benzene rings is 1. The van der Waals surface area contributed by atoms with E-state index in [1.54, 1.807) is 17.0 Å². The van der Waals surface area contributed by atoms with Crippen LogP contribution in [0.3, 0.4) is 0 Å². The SMILES string of the molecule is O=C(O)c1ccc(Cl)c(-c2ccc(/C=C3\SC(=O)N(CC(=O)N4CCCCC4)C3=O)o2)c1. The minimum Gasteiger partial charge on any atom is -0.478 e. The Kier molecular flexibility index (Phi) is 6.38. The molecule has 0 bridgehead atoms. The predicted molar refractivity (Wildman–Crippen MR) is 119 cm³/mol. The highest BCUT2D eigenvalue weighted by Crippen LogP contribution is 2.35. The summed E-state index contributed by atoms with van der Waals surface area (Å²) in [5.41, 5.74) is 0.452. The van der Waals surface area contributed by atoms with Gasteiger partial charge in [-0.25, -0.2) is 4.79 Å². The molecule has 166 valence electrons. The van der Waals surface area contributed by atoms with Crippen molar-refractivity contribution in [2.75, 3.05) is 19.6 Å². The summed E-state index contributed by atoms with van der Waals surface area (Å²) in [6, 6.07) is 7.44. The number of halogens is 1. The lowest BCUT2D eigenvalue weighted by atomic mass is 10.1. The molecular formula is C22H19ClN2O6S. The number of imide groups is 1. The molecule has 0 radical (unpaired) electrons. The molecule has 2 fully saturated rings. The average molecular weight is 475 g/mol. The minimum absolute atomic E-state index is 0.0573. The van der Waals surface area contributed by atoms with Crippen LogP contribution in [0.15, 0.2) is 39.7 Å². The van der Waals surface area contributed by atoms with Gasteiger partial charge in [0.2, 0.25) is 5.91 Å². The Morgan fingerprint density at radius 1 is 1.12 bits per heavy atom. The van der Waals surface area contributed by atoms with Crippen LogP contribution >= 0.6 is 23.4 Å². The summed E-state index contributed by atoms with van der Waals surface area (Å²) in [7, 11) is 0. The summed E-state index contributed by atoms with van der Waals surface area (Å²) in [6.45, 7) is 1.01. The molecule has 4 rings (SSSR count). The zero-order chi connectivity index (χ0) is 22.8. The summed E-state index contributed by atoms with van der Waals surface area (Å²) in [4.78, 5) is 51.5. The van der Waals surface area contributed by atoms with Crippen LogP contribution < -0.4 is 0 Å². The Hall–Kier alpha value is -3.04. The minimum atomic E-state index is -1.09. The van der Waals surface area contributed by atoms with Crippen molar-refractivity contribution >= 4 is 52.5 Å². The summed E-state index contributed by atoms with van der Waals surface area (Å²) >= 11 is 6.92. The molecule has 8 nitrogen and oxygen atoms in total. The van der Waals surface area contributed by atoms with Crippen molar-refractivity contribution in [1.29, 1.82) is 0 Å². The third-order valence-corrected chi connectivity index (χ3v) is 6.49. The second kappa shape index (κ2) is 9.22. The number of nitrogens with zero attached hydrogens (tertiary/aromatic N) is 2. The Labute approximate surface area is 192 Å². The van der Waals surface area contributed by atoms with Crippen LogP contribution in [0.5, 0.6) is 0 Å². The molecule has 3 heterocycles. The first-order valence-corrected chi connectivity index (χ1v) is 11.2. The lowest BCUT2D eigenvalue weighted by Gasteiger charge is -2.27. The summed E-state index contributed by atoms with van der Waals surface area (Å²) in [6.07, 6.45) is 4.35. The first-order valence-electron chi connectivity index (χ1n) is 9.99. The van der Waals surface area contributed by atoms with Crippen molar-refractivity contribution in [3.05, 3.63) is 51.6 Å². The highest BCUT2D eigenvalue weighted by molar-refractivity contribution is 8.18. The molecule has 3 amide bonds. The summed E-state index contributed by atoms with van der Waals surface area (Å²) < 4.78 is 5.72. The number of hydrogen-bond donors (Lipinski definition) is 1. The number of rotatable bonds is 5. The van der Waals surface area contributed by atoms with Gasteiger partial charge in [0.25, 0.3) is 11.1 Å². The molecule has 1 N–H and O–H groups in total. The molecule has 0 aliphatic carbocycles. The number of furan rings is 1. The summed E-state index contributed by atoms with van der Waals surface area (Å²) in [5.74, 6) is -1.26. The van der Waals surface area contributed by atoms with Gasteiger partial charge in [0, 0.05) is 24.7 Å². The second-order valence-corrected chi connectivity index (χ2v) is 8.81. The number of aromatic carboxylic acids is 1. The molecule has 2 aliphatic rings. The maximum Gasteiger partial charge on any atom is 0.335 e. The van der Waals surface area contributed by atoms with E-state index in [0.717, 1.165) is 35.9 Å². The molecule has 0 unspecified atom stereocenters. The van der Waals surface area contributed by atoms with E-state index < -0.39 is 17.1 Å². The number of carbonyl (C=O) groups is 4. The highest BCUT2D eigenvalue weighted by atomic mass is 35.5. The third-order valence-electron chi connectivity index (χ3n) is 5.25. The Balaban J connectivity index is 1.50. The zero-order valence-electron chi connectivity index (χ0n) is 16.9. The fourth-order valence-electron chi connectivity index (χ4n) is 3.57. The van der Waals surface area contributed by atoms with Crippen LogP contribution in [0.25, 0.3) is 17.4 Å². The first-order chi connectivity index (χ1) is 15.3. The van der Waals surface area contributed by atoms with Gasteiger partial charge in [-0.1, -0.05) is 11.6 Å². The van der Waals surface area contributed by atoms with E-state index in [2.05, 4.69) is 0 Å². The largest absolute Gasteiger partial charge is 0.478 e. The van der Waals surface area contributed by atoms with Crippen molar-refractivity contribution in [2.45, 2.75) is 19.3 Å². The first kappa shape index (κ1) is 22.2. The molecule has 1 aromatic heterocycles. The van der Waals surface area contributed by atoms with Crippen LogP contribution in [0.1, 0.15) is 35.4 Å². The number of carboxylic acid groups (broad SMARTS) is 1. The Bertz CT molecular complexity index is 1140. The van der Waals surface area contributed by atoms with Gasteiger partial charge in [0.05, 0.1) is 15.5 Å². The van der Waals surface area contributed by atoms with E-state index in [1.807, 2.05) is 0 Å². The normalized spacial score (nSPS) is 18.0. The van der Waals surface area contributed by atoms with E-state index in [0.29, 0.717) is 35.2 Å². The molecule has 2 aromatic rings. The highest BCUT2D eigenvalue weighted by Gasteiger charge is 2.37. The molecule has 2 saturated heterocycles. The Morgan fingerprint density at radius 2 is 1.88 bits per heavy atom. The molecule has 10 heteroatoms. The van der Waals surface area contributed by atoms with Crippen LogP contribution in [-0.4, -0.2) is 57.6 Å². The van der Waals surface area contributed by atoms with Gasteiger partial charge >= 0.3 is 5.97 Å². The van der Waals surface area contributed by atoms with E-state index >= 15 is 0 Å². The predicted octanol–water partition coefficient (Wildman–Crippen LogP) is 4.35. The number of carboxylic acids is 1. The van der Waals surface area contributed by atoms with Gasteiger partial charge in [-0.2, -0.15) is 0 Å². The average Bonchev–Trinajstić information content (AvgIpc) is 3.34.